The topological polar surface area (TPSA) is 50.4 Å². The normalized spacial score (nSPS) is 28.5. The van der Waals surface area contributed by atoms with Crippen LogP contribution < -0.4 is 10.6 Å². The van der Waals surface area contributed by atoms with Crippen LogP contribution in [-0.4, -0.2) is 37.7 Å². The van der Waals surface area contributed by atoms with Gasteiger partial charge in [0.25, 0.3) is 0 Å². The van der Waals surface area contributed by atoms with Crippen molar-refractivity contribution >= 4 is 18.3 Å². The van der Waals surface area contributed by atoms with E-state index in [-0.39, 0.29) is 18.3 Å². The maximum atomic E-state index is 11.7. The molecule has 0 aliphatic carbocycles. The smallest absolute Gasteiger partial charge is 0.220 e. The van der Waals surface area contributed by atoms with Gasteiger partial charge in [-0.25, -0.2) is 0 Å². The number of piperidine rings is 1. The fourth-order valence-electron chi connectivity index (χ4n) is 2.44. The number of nitrogens with one attached hydrogen (secondary N) is 2. The number of rotatable bonds is 4. The Morgan fingerprint density at radius 3 is 2.88 bits per heavy atom. The zero-order valence-electron chi connectivity index (χ0n) is 10.2. The second kappa shape index (κ2) is 7.90. The van der Waals surface area contributed by atoms with Gasteiger partial charge in [0, 0.05) is 25.6 Å². The molecule has 5 heteroatoms. The molecule has 2 heterocycles. The first-order valence-corrected chi connectivity index (χ1v) is 6.46. The van der Waals surface area contributed by atoms with Crippen LogP contribution >= 0.6 is 12.4 Å². The molecule has 2 saturated heterocycles. The second-order valence-corrected chi connectivity index (χ2v) is 4.78. The quantitative estimate of drug-likeness (QED) is 0.802. The van der Waals surface area contributed by atoms with Crippen molar-refractivity contribution in [2.45, 2.75) is 50.7 Å². The standard InChI is InChI=1S/C12H22N2O2.ClH/c15-12(6-5-11-4-2-8-16-11)14-10-3-1-7-13-9-10;/h10-11,13H,1-9H2,(H,14,15);1H/t10-,11?;/m0./s1. The van der Waals surface area contributed by atoms with E-state index in [1.165, 1.54) is 0 Å². The molecule has 0 aromatic rings. The Labute approximate surface area is 109 Å². The van der Waals surface area contributed by atoms with Crippen molar-refractivity contribution in [3.05, 3.63) is 0 Å². The van der Waals surface area contributed by atoms with Crippen molar-refractivity contribution in [2.24, 2.45) is 0 Å². The number of ether oxygens (including phenoxy) is 1. The van der Waals surface area contributed by atoms with Crippen LogP contribution in [0.15, 0.2) is 0 Å². The van der Waals surface area contributed by atoms with Gasteiger partial charge >= 0.3 is 0 Å². The summed E-state index contributed by atoms with van der Waals surface area (Å²) in [5.74, 6) is 0.184. The predicted octanol–water partition coefficient (Wildman–Crippen LogP) is 1.24. The van der Waals surface area contributed by atoms with E-state index >= 15 is 0 Å². The number of amides is 1. The molecular weight excluding hydrogens is 240 g/mol. The average Bonchev–Trinajstić information content (AvgIpc) is 2.81. The van der Waals surface area contributed by atoms with Crippen LogP contribution in [0.1, 0.15) is 38.5 Å². The molecule has 2 N–H and O–H groups in total. The van der Waals surface area contributed by atoms with E-state index in [4.69, 9.17) is 4.74 Å². The monoisotopic (exact) mass is 262 g/mol. The third-order valence-corrected chi connectivity index (χ3v) is 3.38. The fraction of sp³-hybridized carbons (Fsp3) is 0.917. The molecule has 0 spiro atoms. The number of carbonyl (C=O) groups is 1. The zero-order chi connectivity index (χ0) is 11.2. The minimum absolute atomic E-state index is 0. The molecule has 2 fully saturated rings. The Morgan fingerprint density at radius 1 is 1.35 bits per heavy atom. The van der Waals surface area contributed by atoms with E-state index in [9.17, 15) is 4.79 Å². The molecule has 0 saturated carbocycles. The number of hydrogen-bond donors (Lipinski definition) is 2. The first kappa shape index (κ1) is 14.7. The van der Waals surface area contributed by atoms with Gasteiger partial charge in [-0.05, 0) is 38.6 Å². The van der Waals surface area contributed by atoms with E-state index in [1.54, 1.807) is 0 Å². The highest BCUT2D eigenvalue weighted by Crippen LogP contribution is 2.16. The summed E-state index contributed by atoms with van der Waals surface area (Å²) in [6.45, 7) is 2.88. The van der Waals surface area contributed by atoms with Gasteiger partial charge in [-0.15, -0.1) is 12.4 Å². The van der Waals surface area contributed by atoms with E-state index in [0.29, 0.717) is 18.6 Å². The van der Waals surface area contributed by atoms with Crippen molar-refractivity contribution in [3.63, 3.8) is 0 Å². The van der Waals surface area contributed by atoms with Gasteiger partial charge in [0.15, 0.2) is 0 Å². The maximum Gasteiger partial charge on any atom is 0.220 e. The van der Waals surface area contributed by atoms with Gasteiger partial charge in [-0.2, -0.15) is 0 Å². The Morgan fingerprint density at radius 2 is 2.24 bits per heavy atom. The highest BCUT2D eigenvalue weighted by Gasteiger charge is 2.19. The van der Waals surface area contributed by atoms with E-state index < -0.39 is 0 Å². The van der Waals surface area contributed by atoms with Crippen molar-refractivity contribution in [1.82, 2.24) is 10.6 Å². The molecule has 2 aliphatic rings. The van der Waals surface area contributed by atoms with Gasteiger partial charge in [0.05, 0.1) is 6.10 Å². The van der Waals surface area contributed by atoms with Crippen LogP contribution in [0.25, 0.3) is 0 Å². The van der Waals surface area contributed by atoms with Gasteiger partial charge < -0.3 is 15.4 Å². The first-order valence-electron chi connectivity index (χ1n) is 6.46. The minimum atomic E-state index is 0. The average molecular weight is 263 g/mol. The van der Waals surface area contributed by atoms with E-state index in [0.717, 1.165) is 51.8 Å². The third kappa shape index (κ3) is 5.23. The predicted molar refractivity (Wildman–Crippen MR) is 69.5 cm³/mol. The summed E-state index contributed by atoms with van der Waals surface area (Å²) in [7, 11) is 0. The molecule has 0 bridgehead atoms. The molecule has 1 amide bonds. The van der Waals surface area contributed by atoms with Crippen LogP contribution in [-0.2, 0) is 9.53 Å². The SMILES string of the molecule is Cl.O=C(CCC1CCCO1)N[C@H]1CCCNC1. The molecule has 2 rings (SSSR count). The van der Waals surface area contributed by atoms with Gasteiger partial charge in [0.1, 0.15) is 0 Å². The highest BCUT2D eigenvalue weighted by molar-refractivity contribution is 5.85. The van der Waals surface area contributed by atoms with Gasteiger partial charge in [-0.3, -0.25) is 4.79 Å². The Bertz CT molecular complexity index is 227. The van der Waals surface area contributed by atoms with Crippen LogP contribution in [0.2, 0.25) is 0 Å². The van der Waals surface area contributed by atoms with Crippen molar-refractivity contribution in [3.8, 4) is 0 Å². The molecule has 4 nitrogen and oxygen atoms in total. The summed E-state index contributed by atoms with van der Waals surface area (Å²) in [6, 6.07) is 0.339. The highest BCUT2D eigenvalue weighted by atomic mass is 35.5. The lowest BCUT2D eigenvalue weighted by Crippen LogP contribution is -2.45. The number of carbonyl (C=O) groups excluding carboxylic acids is 1. The van der Waals surface area contributed by atoms with Crippen LogP contribution in [0.4, 0.5) is 0 Å². The van der Waals surface area contributed by atoms with Crippen molar-refractivity contribution < 1.29 is 9.53 Å². The Balaban J connectivity index is 0.00000144. The summed E-state index contributed by atoms with van der Waals surface area (Å²) < 4.78 is 5.50. The van der Waals surface area contributed by atoms with Crippen LogP contribution in [0.3, 0.4) is 0 Å². The molecule has 2 aliphatic heterocycles. The van der Waals surface area contributed by atoms with E-state index in [1.807, 2.05) is 0 Å². The molecule has 17 heavy (non-hydrogen) atoms. The minimum Gasteiger partial charge on any atom is -0.378 e. The largest absolute Gasteiger partial charge is 0.378 e. The molecule has 0 aromatic carbocycles. The second-order valence-electron chi connectivity index (χ2n) is 4.78. The van der Waals surface area contributed by atoms with Gasteiger partial charge in [0.2, 0.25) is 5.91 Å². The van der Waals surface area contributed by atoms with Crippen LogP contribution in [0.5, 0.6) is 0 Å². The van der Waals surface area contributed by atoms with Gasteiger partial charge in [-0.1, -0.05) is 0 Å². The third-order valence-electron chi connectivity index (χ3n) is 3.38. The molecule has 2 atom stereocenters. The maximum absolute atomic E-state index is 11.7. The number of hydrogen-bond acceptors (Lipinski definition) is 3. The van der Waals surface area contributed by atoms with Crippen molar-refractivity contribution in [1.29, 1.82) is 0 Å². The lowest BCUT2D eigenvalue weighted by Gasteiger charge is -2.24. The Hall–Kier alpha value is -0.320. The van der Waals surface area contributed by atoms with E-state index in [2.05, 4.69) is 10.6 Å². The summed E-state index contributed by atoms with van der Waals surface area (Å²) >= 11 is 0. The zero-order valence-corrected chi connectivity index (χ0v) is 11.1. The lowest BCUT2D eigenvalue weighted by atomic mass is 10.1. The fourth-order valence-corrected chi connectivity index (χ4v) is 2.44. The number of halogens is 1. The summed E-state index contributed by atoms with van der Waals surface area (Å²) in [6.07, 6.45) is 6.37. The molecule has 100 valence electrons. The molecule has 1 unspecified atom stereocenters. The Kier molecular flexibility index (Phi) is 6.85. The molecular formula is C12H23ClN2O2. The van der Waals surface area contributed by atoms with Crippen molar-refractivity contribution in [2.75, 3.05) is 19.7 Å². The van der Waals surface area contributed by atoms with Crippen LogP contribution in [0, 0.1) is 0 Å². The lowest BCUT2D eigenvalue weighted by molar-refractivity contribution is -0.122. The molecule has 0 aromatic heterocycles. The molecule has 0 radical (unpaired) electrons. The summed E-state index contributed by atoms with van der Waals surface area (Å²) in [5.41, 5.74) is 0. The first-order chi connectivity index (χ1) is 7.84. The summed E-state index contributed by atoms with van der Waals surface area (Å²) in [5, 5.41) is 6.38. The summed E-state index contributed by atoms with van der Waals surface area (Å²) in [4.78, 5) is 11.7.